The molecular formula is C17H19N3O2S. The van der Waals surface area contributed by atoms with Gasteiger partial charge in [-0.15, -0.1) is 11.8 Å². The minimum absolute atomic E-state index is 0.173. The van der Waals surface area contributed by atoms with Gasteiger partial charge < -0.3 is 16.8 Å². The van der Waals surface area contributed by atoms with Crippen LogP contribution in [0.3, 0.4) is 0 Å². The lowest BCUT2D eigenvalue weighted by Crippen LogP contribution is -2.26. The zero-order valence-electron chi connectivity index (χ0n) is 12.8. The average Bonchev–Trinajstić information content (AvgIpc) is 2.53. The highest BCUT2D eigenvalue weighted by Gasteiger charge is 2.20. The molecule has 0 aliphatic carbocycles. The molecule has 120 valence electrons. The molecule has 0 saturated heterocycles. The third-order valence-electron chi connectivity index (χ3n) is 3.25. The smallest absolute Gasteiger partial charge is 0.250 e. The number of primary amides is 1. The number of anilines is 2. The molecule has 0 fully saturated rings. The van der Waals surface area contributed by atoms with E-state index in [1.54, 1.807) is 30.3 Å². The minimum Gasteiger partial charge on any atom is -0.399 e. The van der Waals surface area contributed by atoms with Gasteiger partial charge in [0.2, 0.25) is 5.91 Å². The number of nitrogens with one attached hydrogen (secondary N) is 1. The van der Waals surface area contributed by atoms with Crippen molar-refractivity contribution >= 4 is 35.0 Å². The Morgan fingerprint density at radius 3 is 2.57 bits per heavy atom. The Morgan fingerprint density at radius 1 is 1.17 bits per heavy atom. The topological polar surface area (TPSA) is 98.2 Å². The summed E-state index contributed by atoms with van der Waals surface area (Å²) in [5.41, 5.74) is 12.5. The van der Waals surface area contributed by atoms with Gasteiger partial charge in [0.15, 0.2) is 0 Å². The Hall–Kier alpha value is -2.47. The molecule has 2 amide bonds. The molecular weight excluding hydrogens is 310 g/mol. The molecule has 5 N–H and O–H groups in total. The van der Waals surface area contributed by atoms with Gasteiger partial charge >= 0.3 is 0 Å². The van der Waals surface area contributed by atoms with Crippen molar-refractivity contribution in [2.24, 2.45) is 5.73 Å². The van der Waals surface area contributed by atoms with Gasteiger partial charge in [-0.1, -0.05) is 25.1 Å². The first kappa shape index (κ1) is 16.9. The number of nitrogens with two attached hydrogens (primary N) is 2. The van der Waals surface area contributed by atoms with Crippen molar-refractivity contribution < 1.29 is 9.59 Å². The Bertz CT molecular complexity index is 718. The lowest BCUT2D eigenvalue weighted by atomic mass is 10.1. The number of thioether (sulfide) groups is 1. The quantitative estimate of drug-likeness (QED) is 0.560. The lowest BCUT2D eigenvalue weighted by molar-refractivity contribution is -0.115. The Morgan fingerprint density at radius 2 is 1.91 bits per heavy atom. The van der Waals surface area contributed by atoms with E-state index in [-0.39, 0.29) is 11.2 Å². The van der Waals surface area contributed by atoms with Gasteiger partial charge in [-0.05, 0) is 36.8 Å². The fourth-order valence-corrected chi connectivity index (χ4v) is 3.12. The van der Waals surface area contributed by atoms with E-state index >= 15 is 0 Å². The second-order valence-corrected chi connectivity index (χ2v) is 6.26. The Balaban J connectivity index is 2.13. The van der Waals surface area contributed by atoms with E-state index in [9.17, 15) is 9.59 Å². The highest BCUT2D eigenvalue weighted by Crippen LogP contribution is 2.28. The molecule has 1 unspecified atom stereocenters. The number of hydrogen-bond donors (Lipinski definition) is 3. The van der Waals surface area contributed by atoms with Gasteiger partial charge in [-0.25, -0.2) is 0 Å². The first-order chi connectivity index (χ1) is 11.0. The van der Waals surface area contributed by atoms with E-state index in [1.165, 1.54) is 11.8 Å². The second kappa shape index (κ2) is 7.69. The largest absolute Gasteiger partial charge is 0.399 e. The first-order valence-electron chi connectivity index (χ1n) is 7.23. The zero-order valence-corrected chi connectivity index (χ0v) is 13.6. The third-order valence-corrected chi connectivity index (χ3v) is 4.61. The summed E-state index contributed by atoms with van der Waals surface area (Å²) in [6.45, 7) is 1.93. The lowest BCUT2D eigenvalue weighted by Gasteiger charge is -2.16. The maximum Gasteiger partial charge on any atom is 0.250 e. The van der Waals surface area contributed by atoms with Crippen molar-refractivity contribution in [1.29, 1.82) is 0 Å². The predicted molar refractivity (Wildman–Crippen MR) is 94.4 cm³/mol. The van der Waals surface area contributed by atoms with Crippen LogP contribution in [0.2, 0.25) is 0 Å². The molecule has 0 bridgehead atoms. The molecule has 0 aromatic heterocycles. The molecule has 0 spiro atoms. The van der Waals surface area contributed by atoms with Crippen LogP contribution in [-0.4, -0.2) is 17.1 Å². The minimum atomic E-state index is -0.572. The summed E-state index contributed by atoms with van der Waals surface area (Å²) in [7, 11) is 0. The van der Waals surface area contributed by atoms with E-state index in [1.807, 2.05) is 25.1 Å². The number of para-hydroxylation sites is 1. The monoisotopic (exact) mass is 329 g/mol. The highest BCUT2D eigenvalue weighted by atomic mass is 32.2. The first-order valence-corrected chi connectivity index (χ1v) is 8.11. The maximum absolute atomic E-state index is 12.5. The number of hydrogen-bond acceptors (Lipinski definition) is 4. The molecule has 0 radical (unpaired) electrons. The fourth-order valence-electron chi connectivity index (χ4n) is 2.09. The molecule has 0 aliphatic heterocycles. The molecule has 23 heavy (non-hydrogen) atoms. The zero-order chi connectivity index (χ0) is 16.8. The van der Waals surface area contributed by atoms with Crippen molar-refractivity contribution in [2.45, 2.75) is 23.5 Å². The van der Waals surface area contributed by atoms with Crippen molar-refractivity contribution in [1.82, 2.24) is 0 Å². The summed E-state index contributed by atoms with van der Waals surface area (Å²) in [4.78, 5) is 24.8. The van der Waals surface area contributed by atoms with Crippen LogP contribution in [0.15, 0.2) is 53.4 Å². The molecule has 1 atom stereocenters. The van der Waals surface area contributed by atoms with Crippen LogP contribution in [0, 0.1) is 0 Å². The van der Waals surface area contributed by atoms with Crippen molar-refractivity contribution in [3.8, 4) is 0 Å². The summed E-state index contributed by atoms with van der Waals surface area (Å²) in [5, 5.41) is 2.49. The van der Waals surface area contributed by atoms with Crippen molar-refractivity contribution in [3.05, 3.63) is 54.1 Å². The molecule has 2 aromatic rings. The van der Waals surface area contributed by atoms with Gasteiger partial charge in [0.1, 0.15) is 0 Å². The second-order valence-electron chi connectivity index (χ2n) is 4.99. The number of amides is 2. The van der Waals surface area contributed by atoms with Crippen LogP contribution < -0.4 is 16.8 Å². The van der Waals surface area contributed by atoms with Crippen LogP contribution in [0.4, 0.5) is 11.4 Å². The summed E-state index contributed by atoms with van der Waals surface area (Å²) in [6.07, 6.45) is 0.643. The fraction of sp³-hybridized carbons (Fsp3) is 0.176. The van der Waals surface area contributed by atoms with Gasteiger partial charge in [-0.2, -0.15) is 0 Å². The van der Waals surface area contributed by atoms with Crippen LogP contribution in [-0.2, 0) is 4.79 Å². The standard InChI is InChI=1S/C17H19N3O2S/c1-2-15(23-12-7-5-6-11(18)10-12)17(22)20-14-9-4-3-8-13(14)16(19)21/h3-10,15H,2,18H2,1H3,(H2,19,21)(H,20,22). The normalized spacial score (nSPS) is 11.7. The van der Waals surface area contributed by atoms with E-state index in [4.69, 9.17) is 11.5 Å². The predicted octanol–water partition coefficient (Wildman–Crippen LogP) is 2.88. The Labute approximate surface area is 139 Å². The SMILES string of the molecule is CCC(Sc1cccc(N)c1)C(=O)Nc1ccccc1C(N)=O. The van der Waals surface area contributed by atoms with Crippen LogP contribution in [0.25, 0.3) is 0 Å². The molecule has 2 rings (SSSR count). The summed E-state index contributed by atoms with van der Waals surface area (Å²) < 4.78 is 0. The number of benzene rings is 2. The summed E-state index contributed by atoms with van der Waals surface area (Å²) >= 11 is 1.44. The number of carbonyl (C=O) groups excluding carboxylic acids is 2. The Kier molecular flexibility index (Phi) is 5.65. The van der Waals surface area contributed by atoms with E-state index in [2.05, 4.69) is 5.32 Å². The van der Waals surface area contributed by atoms with Crippen molar-refractivity contribution in [3.63, 3.8) is 0 Å². The number of nitrogen functional groups attached to an aromatic ring is 1. The van der Waals surface area contributed by atoms with Crippen LogP contribution >= 0.6 is 11.8 Å². The maximum atomic E-state index is 12.5. The van der Waals surface area contributed by atoms with E-state index in [0.717, 1.165) is 4.90 Å². The molecule has 6 heteroatoms. The molecule has 0 aliphatic rings. The third kappa shape index (κ3) is 4.50. The van der Waals surface area contributed by atoms with E-state index < -0.39 is 5.91 Å². The van der Waals surface area contributed by atoms with Crippen LogP contribution in [0.5, 0.6) is 0 Å². The average molecular weight is 329 g/mol. The van der Waals surface area contributed by atoms with Gasteiger partial charge in [-0.3, -0.25) is 9.59 Å². The molecule has 0 heterocycles. The molecule has 2 aromatic carbocycles. The highest BCUT2D eigenvalue weighted by molar-refractivity contribution is 8.00. The molecule has 5 nitrogen and oxygen atoms in total. The van der Waals surface area contributed by atoms with Gasteiger partial charge in [0.25, 0.3) is 5.91 Å². The summed E-state index contributed by atoms with van der Waals surface area (Å²) in [5.74, 6) is -0.744. The van der Waals surface area contributed by atoms with Crippen molar-refractivity contribution in [2.75, 3.05) is 11.1 Å². The van der Waals surface area contributed by atoms with Gasteiger partial charge in [0.05, 0.1) is 16.5 Å². The van der Waals surface area contributed by atoms with Crippen LogP contribution in [0.1, 0.15) is 23.7 Å². The number of rotatable bonds is 6. The van der Waals surface area contributed by atoms with E-state index in [0.29, 0.717) is 23.4 Å². The number of carbonyl (C=O) groups is 2. The summed E-state index contributed by atoms with van der Waals surface area (Å²) in [6, 6.07) is 14.1. The van der Waals surface area contributed by atoms with Gasteiger partial charge in [0, 0.05) is 10.6 Å². The molecule has 0 saturated carbocycles.